The second-order valence-corrected chi connectivity index (χ2v) is 3.01. The van der Waals surface area contributed by atoms with Crippen LogP contribution in [0.25, 0.3) is 0 Å². The Balaban J connectivity index is 0.00000196. The lowest BCUT2D eigenvalue weighted by molar-refractivity contribution is 0.273. The number of ether oxygens (including phenoxy) is 1. The van der Waals surface area contributed by atoms with Gasteiger partial charge in [-0.15, -0.1) is 12.4 Å². The molecular weight excluding hydrogens is 218 g/mol. The Kier molecular flexibility index (Phi) is 6.08. The van der Waals surface area contributed by atoms with Gasteiger partial charge >= 0.3 is 0 Å². The Hall–Kier alpha value is -0.970. The molecule has 1 rings (SSSR count). The first kappa shape index (κ1) is 14.0. The fraction of sp³-hybridized carbons (Fsp3) is 0.400. The third-order valence-corrected chi connectivity index (χ3v) is 2.07. The van der Waals surface area contributed by atoms with E-state index in [0.717, 1.165) is 0 Å². The maximum Gasteiger partial charge on any atom is 0.127 e. The first-order valence-corrected chi connectivity index (χ1v) is 4.43. The molecule has 1 aromatic rings. The third-order valence-electron chi connectivity index (χ3n) is 2.07. The lowest BCUT2D eigenvalue weighted by Gasteiger charge is -2.15. The van der Waals surface area contributed by atoms with Crippen LogP contribution >= 0.6 is 12.4 Å². The molecule has 0 spiro atoms. The molecule has 0 heterocycles. The number of aromatic hydroxyl groups is 1. The van der Waals surface area contributed by atoms with Crippen molar-refractivity contribution in [1.29, 1.82) is 0 Å². The van der Waals surface area contributed by atoms with Crippen LogP contribution in [-0.2, 0) is 0 Å². The van der Waals surface area contributed by atoms with Crippen molar-refractivity contribution in [2.75, 3.05) is 13.7 Å². The standard InChI is InChI=1S/C10H15NO3.ClH/c1-14-9-4-2-3-8(13)10(9)7(11)5-6-12;/h2-4,7,12-13H,5-6,11H2,1H3;1H/t7-;/m1./s1. The number of phenolic OH excluding ortho intramolecular Hbond substituents is 1. The van der Waals surface area contributed by atoms with Crippen LogP contribution < -0.4 is 10.5 Å². The number of methoxy groups -OCH3 is 1. The fourth-order valence-electron chi connectivity index (χ4n) is 1.37. The first-order valence-electron chi connectivity index (χ1n) is 4.43. The minimum atomic E-state index is -0.406. The van der Waals surface area contributed by atoms with Crippen molar-refractivity contribution >= 4 is 12.4 Å². The Morgan fingerprint density at radius 3 is 2.67 bits per heavy atom. The van der Waals surface area contributed by atoms with Gasteiger partial charge in [0.05, 0.1) is 12.7 Å². The summed E-state index contributed by atoms with van der Waals surface area (Å²) in [6.07, 6.45) is 0.397. The third kappa shape index (κ3) is 3.27. The minimum absolute atomic E-state index is 0. The molecular formula is C10H16ClNO3. The SMILES string of the molecule is COc1cccc(O)c1[C@H](N)CCO.Cl. The largest absolute Gasteiger partial charge is 0.507 e. The summed E-state index contributed by atoms with van der Waals surface area (Å²) in [6, 6.07) is 4.56. The highest BCUT2D eigenvalue weighted by Crippen LogP contribution is 2.33. The van der Waals surface area contributed by atoms with Gasteiger partial charge in [-0.05, 0) is 18.6 Å². The topological polar surface area (TPSA) is 75.7 Å². The summed E-state index contributed by atoms with van der Waals surface area (Å²) in [4.78, 5) is 0. The highest BCUT2D eigenvalue weighted by atomic mass is 35.5. The summed E-state index contributed by atoms with van der Waals surface area (Å²) in [5, 5.41) is 18.3. The lowest BCUT2D eigenvalue weighted by Crippen LogP contribution is -2.13. The summed E-state index contributed by atoms with van der Waals surface area (Å²) < 4.78 is 5.07. The maximum atomic E-state index is 9.58. The van der Waals surface area contributed by atoms with E-state index in [4.69, 9.17) is 15.6 Å². The Labute approximate surface area is 95.1 Å². The number of halogens is 1. The smallest absolute Gasteiger partial charge is 0.127 e. The number of hydrogen-bond donors (Lipinski definition) is 3. The average molecular weight is 234 g/mol. The fourth-order valence-corrected chi connectivity index (χ4v) is 1.37. The predicted octanol–water partition coefficient (Wildman–Crippen LogP) is 1.20. The molecule has 0 amide bonds. The van der Waals surface area contributed by atoms with Crippen molar-refractivity contribution in [3.8, 4) is 11.5 Å². The molecule has 0 aliphatic carbocycles. The van der Waals surface area contributed by atoms with Gasteiger partial charge in [-0.25, -0.2) is 0 Å². The number of aliphatic hydroxyl groups is 1. The van der Waals surface area contributed by atoms with Crippen molar-refractivity contribution in [3.05, 3.63) is 23.8 Å². The van der Waals surface area contributed by atoms with Gasteiger partial charge in [-0.1, -0.05) is 6.07 Å². The molecule has 4 N–H and O–H groups in total. The molecule has 0 aliphatic heterocycles. The van der Waals surface area contributed by atoms with Crippen molar-refractivity contribution in [3.63, 3.8) is 0 Å². The van der Waals surface area contributed by atoms with Gasteiger partial charge in [0.15, 0.2) is 0 Å². The monoisotopic (exact) mass is 233 g/mol. The maximum absolute atomic E-state index is 9.58. The summed E-state index contributed by atoms with van der Waals surface area (Å²) >= 11 is 0. The van der Waals surface area contributed by atoms with Crippen LogP contribution in [0, 0.1) is 0 Å². The van der Waals surface area contributed by atoms with Gasteiger partial charge in [0.25, 0.3) is 0 Å². The van der Waals surface area contributed by atoms with E-state index in [9.17, 15) is 5.11 Å². The average Bonchev–Trinajstić information content (AvgIpc) is 2.17. The molecule has 0 fully saturated rings. The van der Waals surface area contributed by atoms with Crippen LogP contribution in [-0.4, -0.2) is 23.9 Å². The van der Waals surface area contributed by atoms with Crippen LogP contribution in [0.5, 0.6) is 11.5 Å². The van der Waals surface area contributed by atoms with E-state index in [0.29, 0.717) is 17.7 Å². The Bertz CT molecular complexity index is 307. The quantitative estimate of drug-likeness (QED) is 0.731. The Morgan fingerprint density at radius 2 is 2.13 bits per heavy atom. The second kappa shape index (κ2) is 6.50. The van der Waals surface area contributed by atoms with Crippen LogP contribution in [0.4, 0.5) is 0 Å². The van der Waals surface area contributed by atoms with Crippen LogP contribution in [0.2, 0.25) is 0 Å². The number of hydrogen-bond acceptors (Lipinski definition) is 4. The second-order valence-electron chi connectivity index (χ2n) is 3.01. The molecule has 86 valence electrons. The summed E-state index contributed by atoms with van der Waals surface area (Å²) in [5.41, 5.74) is 6.33. The van der Waals surface area contributed by atoms with Crippen LogP contribution in [0.15, 0.2) is 18.2 Å². The zero-order valence-corrected chi connectivity index (χ0v) is 9.33. The molecule has 0 saturated carbocycles. The molecule has 1 atom stereocenters. The molecule has 0 aliphatic rings. The minimum Gasteiger partial charge on any atom is -0.507 e. The molecule has 1 aromatic carbocycles. The zero-order valence-electron chi connectivity index (χ0n) is 8.51. The van der Waals surface area contributed by atoms with Crippen molar-refractivity contribution < 1.29 is 14.9 Å². The van der Waals surface area contributed by atoms with E-state index in [1.807, 2.05) is 0 Å². The van der Waals surface area contributed by atoms with Gasteiger partial charge in [0.1, 0.15) is 11.5 Å². The molecule has 0 aromatic heterocycles. The predicted molar refractivity (Wildman–Crippen MR) is 60.5 cm³/mol. The van der Waals surface area contributed by atoms with Crippen molar-refractivity contribution in [2.24, 2.45) is 5.73 Å². The molecule has 0 bridgehead atoms. The van der Waals surface area contributed by atoms with Gasteiger partial charge in [0, 0.05) is 12.6 Å². The van der Waals surface area contributed by atoms with Crippen molar-refractivity contribution in [2.45, 2.75) is 12.5 Å². The van der Waals surface area contributed by atoms with E-state index in [2.05, 4.69) is 0 Å². The number of rotatable bonds is 4. The Morgan fingerprint density at radius 1 is 1.47 bits per heavy atom. The number of benzene rings is 1. The molecule has 0 unspecified atom stereocenters. The summed E-state index contributed by atoms with van der Waals surface area (Å²) in [7, 11) is 1.52. The number of aliphatic hydroxyl groups excluding tert-OH is 1. The van der Waals surface area contributed by atoms with Gasteiger partial charge in [-0.2, -0.15) is 0 Å². The molecule has 0 radical (unpaired) electrons. The molecule has 15 heavy (non-hydrogen) atoms. The lowest BCUT2D eigenvalue weighted by atomic mass is 10.0. The van der Waals surface area contributed by atoms with E-state index >= 15 is 0 Å². The van der Waals surface area contributed by atoms with Crippen LogP contribution in [0.1, 0.15) is 18.0 Å². The summed E-state index contributed by atoms with van der Waals surface area (Å²) in [5.74, 6) is 0.649. The molecule has 4 nitrogen and oxygen atoms in total. The van der Waals surface area contributed by atoms with E-state index in [-0.39, 0.29) is 24.8 Å². The molecule has 0 saturated heterocycles. The van der Waals surface area contributed by atoms with E-state index in [1.54, 1.807) is 18.2 Å². The normalized spacial score (nSPS) is 11.7. The van der Waals surface area contributed by atoms with E-state index in [1.165, 1.54) is 7.11 Å². The zero-order chi connectivity index (χ0) is 10.6. The van der Waals surface area contributed by atoms with Crippen molar-refractivity contribution in [1.82, 2.24) is 0 Å². The number of phenols is 1. The highest BCUT2D eigenvalue weighted by molar-refractivity contribution is 5.85. The molecule has 5 heteroatoms. The highest BCUT2D eigenvalue weighted by Gasteiger charge is 2.15. The first-order chi connectivity index (χ1) is 6.70. The van der Waals surface area contributed by atoms with E-state index < -0.39 is 6.04 Å². The van der Waals surface area contributed by atoms with Crippen LogP contribution in [0.3, 0.4) is 0 Å². The van der Waals surface area contributed by atoms with Gasteiger partial charge in [-0.3, -0.25) is 0 Å². The van der Waals surface area contributed by atoms with Gasteiger partial charge < -0.3 is 20.7 Å². The van der Waals surface area contributed by atoms with Gasteiger partial charge in [0.2, 0.25) is 0 Å². The summed E-state index contributed by atoms with van der Waals surface area (Å²) in [6.45, 7) is -0.0152. The number of nitrogens with two attached hydrogens (primary N) is 1.